The van der Waals surface area contributed by atoms with Gasteiger partial charge in [0.2, 0.25) is 5.91 Å². The number of ether oxygens (including phenoxy) is 2. The van der Waals surface area contributed by atoms with Crippen LogP contribution in [0.1, 0.15) is 12.0 Å². The molecule has 2 rings (SSSR count). The average Bonchev–Trinajstić information content (AvgIpc) is 2.39. The molecule has 0 unspecified atom stereocenters. The van der Waals surface area contributed by atoms with Gasteiger partial charge in [-0.1, -0.05) is 12.1 Å². The van der Waals surface area contributed by atoms with Gasteiger partial charge in [0.15, 0.2) is 0 Å². The molecule has 0 saturated carbocycles. The van der Waals surface area contributed by atoms with Gasteiger partial charge in [0.1, 0.15) is 5.82 Å². The summed E-state index contributed by atoms with van der Waals surface area (Å²) in [7, 11) is 1.63. The third-order valence-corrected chi connectivity index (χ3v) is 3.20. The van der Waals surface area contributed by atoms with Gasteiger partial charge in [-0.2, -0.15) is 0 Å². The van der Waals surface area contributed by atoms with Gasteiger partial charge in [-0.05, 0) is 24.1 Å². The largest absolute Gasteiger partial charge is 0.379 e. The molecule has 1 saturated heterocycles. The van der Waals surface area contributed by atoms with E-state index in [9.17, 15) is 9.18 Å². The highest BCUT2D eigenvalue weighted by molar-refractivity contribution is 5.78. The second-order valence-electron chi connectivity index (χ2n) is 4.62. The number of amides is 1. The number of nitrogens with one attached hydrogen (secondary N) is 1. The molecule has 0 aromatic heterocycles. The van der Waals surface area contributed by atoms with Crippen LogP contribution in [0, 0.1) is 5.82 Å². The Kier molecular flexibility index (Phi) is 4.87. The fourth-order valence-electron chi connectivity index (χ4n) is 2.23. The highest BCUT2D eigenvalue weighted by atomic mass is 19.1. The zero-order valence-corrected chi connectivity index (χ0v) is 10.9. The summed E-state index contributed by atoms with van der Waals surface area (Å²) in [4.78, 5) is 11.9. The molecule has 0 radical (unpaired) electrons. The van der Waals surface area contributed by atoms with E-state index in [1.165, 1.54) is 12.1 Å². The molecule has 0 bridgehead atoms. The minimum absolute atomic E-state index is 0.0230. The van der Waals surface area contributed by atoms with E-state index in [0.29, 0.717) is 18.8 Å². The second-order valence-corrected chi connectivity index (χ2v) is 4.62. The van der Waals surface area contributed by atoms with E-state index in [1.807, 2.05) is 0 Å². The number of halogens is 1. The Balaban J connectivity index is 1.90. The Morgan fingerprint density at radius 3 is 3.16 bits per heavy atom. The first-order valence-corrected chi connectivity index (χ1v) is 6.33. The minimum Gasteiger partial charge on any atom is -0.379 e. The summed E-state index contributed by atoms with van der Waals surface area (Å²) in [5.74, 6) is -0.482. The fraction of sp³-hybridized carbons (Fsp3) is 0.500. The Hall–Kier alpha value is -1.46. The lowest BCUT2D eigenvalue weighted by atomic mass is 10.1. The van der Waals surface area contributed by atoms with Crippen molar-refractivity contribution >= 4 is 5.91 Å². The number of hydrogen-bond donors (Lipinski definition) is 1. The Labute approximate surface area is 111 Å². The molecule has 104 valence electrons. The quantitative estimate of drug-likeness (QED) is 0.894. The number of hydrogen-bond acceptors (Lipinski definition) is 3. The monoisotopic (exact) mass is 267 g/mol. The van der Waals surface area contributed by atoms with Crippen molar-refractivity contribution in [3.05, 3.63) is 35.6 Å². The van der Waals surface area contributed by atoms with Crippen molar-refractivity contribution in [2.75, 3.05) is 20.3 Å². The second kappa shape index (κ2) is 6.63. The maximum absolute atomic E-state index is 13.0. The summed E-state index contributed by atoms with van der Waals surface area (Å²) in [5, 5.41) is 2.88. The van der Waals surface area contributed by atoms with Gasteiger partial charge in [-0.15, -0.1) is 0 Å². The normalized spacial score (nSPS) is 23.1. The Morgan fingerprint density at radius 2 is 2.42 bits per heavy atom. The fourth-order valence-corrected chi connectivity index (χ4v) is 2.23. The SMILES string of the molecule is CO[C@@H]1CCOC[C@H]1NC(=O)Cc1cccc(F)c1. The van der Waals surface area contributed by atoms with Crippen molar-refractivity contribution in [3.8, 4) is 0 Å². The lowest BCUT2D eigenvalue weighted by molar-refractivity contribution is -0.124. The molecule has 5 heteroatoms. The predicted octanol–water partition coefficient (Wildman–Crippen LogP) is 1.29. The van der Waals surface area contributed by atoms with E-state index in [-0.39, 0.29) is 30.3 Å². The molecule has 0 spiro atoms. The van der Waals surface area contributed by atoms with E-state index in [2.05, 4.69) is 5.32 Å². The van der Waals surface area contributed by atoms with Crippen molar-refractivity contribution < 1.29 is 18.7 Å². The first-order chi connectivity index (χ1) is 9.19. The van der Waals surface area contributed by atoms with Crippen LogP contribution in [0.3, 0.4) is 0 Å². The van der Waals surface area contributed by atoms with Crippen molar-refractivity contribution in [2.45, 2.75) is 25.0 Å². The Bertz CT molecular complexity index is 438. The van der Waals surface area contributed by atoms with E-state index >= 15 is 0 Å². The first-order valence-electron chi connectivity index (χ1n) is 6.33. The topological polar surface area (TPSA) is 47.6 Å². The molecule has 1 fully saturated rings. The van der Waals surface area contributed by atoms with Crippen molar-refractivity contribution in [1.82, 2.24) is 5.32 Å². The van der Waals surface area contributed by atoms with Crippen LogP contribution in [-0.4, -0.2) is 38.4 Å². The molecule has 1 aliphatic heterocycles. The van der Waals surface area contributed by atoms with Crippen LogP contribution >= 0.6 is 0 Å². The van der Waals surface area contributed by atoms with Crippen LogP contribution in [0.15, 0.2) is 24.3 Å². The summed E-state index contributed by atoms with van der Waals surface area (Å²) >= 11 is 0. The van der Waals surface area contributed by atoms with Gasteiger partial charge in [0, 0.05) is 13.7 Å². The van der Waals surface area contributed by atoms with E-state index in [0.717, 1.165) is 6.42 Å². The van der Waals surface area contributed by atoms with Crippen LogP contribution in [0.4, 0.5) is 4.39 Å². The van der Waals surface area contributed by atoms with Crippen molar-refractivity contribution in [2.24, 2.45) is 0 Å². The van der Waals surface area contributed by atoms with Gasteiger partial charge in [-0.3, -0.25) is 4.79 Å². The van der Waals surface area contributed by atoms with Crippen LogP contribution in [0.5, 0.6) is 0 Å². The zero-order chi connectivity index (χ0) is 13.7. The molecule has 1 aliphatic rings. The standard InChI is InChI=1S/C14H18FNO3/c1-18-13-5-6-19-9-12(13)16-14(17)8-10-3-2-4-11(15)7-10/h2-4,7,12-13H,5-6,8-9H2,1H3,(H,16,17)/t12-,13-/m1/s1. The van der Waals surface area contributed by atoms with Crippen LogP contribution < -0.4 is 5.32 Å². The summed E-state index contributed by atoms with van der Waals surface area (Å²) in [6, 6.07) is 5.91. The molecule has 0 aliphatic carbocycles. The first kappa shape index (κ1) is 14.0. The van der Waals surface area contributed by atoms with Gasteiger partial charge < -0.3 is 14.8 Å². The highest BCUT2D eigenvalue weighted by Crippen LogP contribution is 2.11. The highest BCUT2D eigenvalue weighted by Gasteiger charge is 2.26. The summed E-state index contributed by atoms with van der Waals surface area (Å²) in [5.41, 5.74) is 0.656. The molecule has 1 aromatic rings. The zero-order valence-electron chi connectivity index (χ0n) is 10.9. The van der Waals surface area contributed by atoms with E-state index in [1.54, 1.807) is 19.2 Å². The molecule has 1 heterocycles. The molecular weight excluding hydrogens is 249 g/mol. The number of rotatable bonds is 4. The maximum Gasteiger partial charge on any atom is 0.224 e. The molecular formula is C14H18FNO3. The van der Waals surface area contributed by atoms with Gasteiger partial charge in [0.25, 0.3) is 0 Å². The molecule has 1 amide bonds. The third kappa shape index (κ3) is 4.01. The van der Waals surface area contributed by atoms with Gasteiger partial charge >= 0.3 is 0 Å². The van der Waals surface area contributed by atoms with Crippen molar-refractivity contribution in [1.29, 1.82) is 0 Å². The molecule has 4 nitrogen and oxygen atoms in total. The van der Waals surface area contributed by atoms with Gasteiger partial charge in [0.05, 0.1) is 25.2 Å². The predicted molar refractivity (Wildman–Crippen MR) is 68.3 cm³/mol. The molecule has 1 aromatic carbocycles. The lowest BCUT2D eigenvalue weighted by Crippen LogP contribution is -2.50. The number of methoxy groups -OCH3 is 1. The molecule has 2 atom stereocenters. The van der Waals surface area contributed by atoms with Gasteiger partial charge in [-0.25, -0.2) is 4.39 Å². The summed E-state index contributed by atoms with van der Waals surface area (Å²) in [6.45, 7) is 1.10. The Morgan fingerprint density at radius 1 is 1.58 bits per heavy atom. The number of carbonyl (C=O) groups excluding carboxylic acids is 1. The molecule has 19 heavy (non-hydrogen) atoms. The van der Waals surface area contributed by atoms with E-state index < -0.39 is 0 Å². The summed E-state index contributed by atoms with van der Waals surface area (Å²) in [6.07, 6.45) is 0.900. The van der Waals surface area contributed by atoms with Crippen LogP contribution in [0.25, 0.3) is 0 Å². The summed E-state index contributed by atoms with van der Waals surface area (Å²) < 4.78 is 23.7. The minimum atomic E-state index is -0.332. The lowest BCUT2D eigenvalue weighted by Gasteiger charge is -2.31. The van der Waals surface area contributed by atoms with E-state index in [4.69, 9.17) is 9.47 Å². The average molecular weight is 267 g/mol. The third-order valence-electron chi connectivity index (χ3n) is 3.20. The smallest absolute Gasteiger partial charge is 0.224 e. The maximum atomic E-state index is 13.0. The van der Waals surface area contributed by atoms with Crippen LogP contribution in [0.2, 0.25) is 0 Å². The van der Waals surface area contributed by atoms with Crippen LogP contribution in [-0.2, 0) is 20.7 Å². The van der Waals surface area contributed by atoms with Crippen molar-refractivity contribution in [3.63, 3.8) is 0 Å². The number of carbonyl (C=O) groups is 1. The molecule has 1 N–H and O–H groups in total. The number of benzene rings is 1.